The van der Waals surface area contributed by atoms with Crippen molar-refractivity contribution in [3.63, 3.8) is 0 Å². The number of hydrogen-bond donors (Lipinski definition) is 0. The Bertz CT molecular complexity index is 501. The maximum atomic E-state index is 9.55. The summed E-state index contributed by atoms with van der Waals surface area (Å²) in [4.78, 5) is 2.07. The third-order valence-corrected chi connectivity index (χ3v) is 3.66. The van der Waals surface area contributed by atoms with Gasteiger partial charge in [-0.2, -0.15) is 5.26 Å². The van der Waals surface area contributed by atoms with Crippen LogP contribution < -0.4 is 4.74 Å². The highest BCUT2D eigenvalue weighted by Crippen LogP contribution is 2.45. The summed E-state index contributed by atoms with van der Waals surface area (Å²) in [6.07, 6.45) is 0. The Balaban J connectivity index is 2.51. The Morgan fingerprint density at radius 1 is 1.42 bits per heavy atom. The summed E-state index contributed by atoms with van der Waals surface area (Å²) in [6, 6.07) is 8.50. The van der Waals surface area contributed by atoms with Crippen molar-refractivity contribution in [2.45, 2.75) is 13.0 Å². The number of rotatable bonds is 4. The highest BCUT2D eigenvalue weighted by Gasteiger charge is 2.49. The fraction of sp³-hybridized carbons (Fsp3) is 0.533. The van der Waals surface area contributed by atoms with Crippen LogP contribution in [0.3, 0.4) is 0 Å². The molecule has 0 N–H and O–H groups in total. The zero-order valence-electron chi connectivity index (χ0n) is 11.9. The molecule has 0 aromatic heterocycles. The summed E-state index contributed by atoms with van der Waals surface area (Å²) in [5.74, 6) is 0.825. The molecule has 102 valence electrons. The molecule has 0 saturated carbocycles. The smallest absolute Gasteiger partial charge is 0.123 e. The predicted molar refractivity (Wildman–Crippen MR) is 73.0 cm³/mol. The molecule has 19 heavy (non-hydrogen) atoms. The number of benzene rings is 1. The minimum Gasteiger partial charge on any atom is -0.496 e. The third-order valence-electron chi connectivity index (χ3n) is 3.66. The van der Waals surface area contributed by atoms with Gasteiger partial charge in [0.1, 0.15) is 11.2 Å². The molecule has 0 aliphatic carbocycles. The number of aryl methyl sites for hydroxylation is 1. The molecular formula is C15H20N2O2. The van der Waals surface area contributed by atoms with E-state index in [9.17, 15) is 5.26 Å². The van der Waals surface area contributed by atoms with Crippen LogP contribution in [-0.4, -0.2) is 39.3 Å². The van der Waals surface area contributed by atoms with Gasteiger partial charge in [-0.1, -0.05) is 17.7 Å². The van der Waals surface area contributed by atoms with E-state index in [1.165, 1.54) is 0 Å². The van der Waals surface area contributed by atoms with Crippen molar-refractivity contribution in [1.82, 2.24) is 4.90 Å². The van der Waals surface area contributed by atoms with Gasteiger partial charge in [0.05, 0.1) is 32.4 Å². The first-order valence-corrected chi connectivity index (χ1v) is 6.34. The van der Waals surface area contributed by atoms with E-state index in [0.29, 0.717) is 13.2 Å². The zero-order chi connectivity index (χ0) is 14.0. The van der Waals surface area contributed by atoms with Crippen molar-refractivity contribution in [3.05, 3.63) is 29.3 Å². The van der Waals surface area contributed by atoms with Gasteiger partial charge in [-0.05, 0) is 27.1 Å². The average Bonchev–Trinajstić information content (AvgIpc) is 2.33. The van der Waals surface area contributed by atoms with E-state index in [0.717, 1.165) is 16.9 Å². The van der Waals surface area contributed by atoms with E-state index in [4.69, 9.17) is 9.47 Å². The molecule has 1 heterocycles. The van der Waals surface area contributed by atoms with Crippen LogP contribution in [0.1, 0.15) is 17.2 Å². The Labute approximate surface area is 114 Å². The van der Waals surface area contributed by atoms with Crippen LogP contribution in [-0.2, 0) is 4.74 Å². The van der Waals surface area contributed by atoms with Crippen LogP contribution >= 0.6 is 0 Å². The van der Waals surface area contributed by atoms with E-state index < -0.39 is 5.41 Å². The standard InChI is InChI=1S/C15H20N2O2/c1-11-5-6-13(18-4)12(7-11)14(17(2)3)15(8-16)9-19-10-15/h5-7,14H,9-10H2,1-4H3. The van der Waals surface area contributed by atoms with E-state index in [-0.39, 0.29) is 6.04 Å². The normalized spacial score (nSPS) is 18.5. The maximum absolute atomic E-state index is 9.55. The minimum absolute atomic E-state index is 0.0268. The van der Waals surface area contributed by atoms with Crippen LogP contribution in [0.2, 0.25) is 0 Å². The first kappa shape index (κ1) is 13.9. The fourth-order valence-electron chi connectivity index (χ4n) is 2.74. The van der Waals surface area contributed by atoms with Gasteiger partial charge in [-0.15, -0.1) is 0 Å². The van der Waals surface area contributed by atoms with Crippen LogP contribution in [0.25, 0.3) is 0 Å². The lowest BCUT2D eigenvalue weighted by molar-refractivity contribution is -0.116. The summed E-state index contributed by atoms with van der Waals surface area (Å²) >= 11 is 0. The molecule has 1 aromatic rings. The number of nitriles is 1. The highest BCUT2D eigenvalue weighted by molar-refractivity contribution is 5.41. The van der Waals surface area contributed by atoms with Gasteiger partial charge < -0.3 is 14.4 Å². The van der Waals surface area contributed by atoms with E-state index in [1.807, 2.05) is 33.2 Å². The Morgan fingerprint density at radius 3 is 2.53 bits per heavy atom. The fourth-order valence-corrected chi connectivity index (χ4v) is 2.74. The van der Waals surface area contributed by atoms with Crippen LogP contribution in [0.15, 0.2) is 18.2 Å². The topological polar surface area (TPSA) is 45.5 Å². The molecule has 1 atom stereocenters. The second kappa shape index (κ2) is 5.20. The van der Waals surface area contributed by atoms with Crippen molar-refractivity contribution >= 4 is 0 Å². The molecular weight excluding hydrogens is 240 g/mol. The first-order chi connectivity index (χ1) is 9.04. The van der Waals surface area contributed by atoms with Gasteiger partial charge in [-0.3, -0.25) is 0 Å². The van der Waals surface area contributed by atoms with Crippen LogP contribution in [0.5, 0.6) is 5.75 Å². The number of ether oxygens (including phenoxy) is 2. The van der Waals surface area contributed by atoms with Crippen molar-refractivity contribution in [3.8, 4) is 11.8 Å². The van der Waals surface area contributed by atoms with Gasteiger partial charge in [0.15, 0.2) is 0 Å². The van der Waals surface area contributed by atoms with E-state index in [1.54, 1.807) is 7.11 Å². The molecule has 1 aliphatic rings. The second-order valence-electron chi connectivity index (χ2n) is 5.37. The van der Waals surface area contributed by atoms with Crippen molar-refractivity contribution in [2.24, 2.45) is 5.41 Å². The first-order valence-electron chi connectivity index (χ1n) is 6.34. The molecule has 1 fully saturated rings. The molecule has 1 saturated heterocycles. The lowest BCUT2D eigenvalue weighted by Crippen LogP contribution is -2.50. The van der Waals surface area contributed by atoms with Gasteiger partial charge in [0.25, 0.3) is 0 Å². The summed E-state index contributed by atoms with van der Waals surface area (Å²) in [7, 11) is 5.64. The lowest BCUT2D eigenvalue weighted by atomic mass is 9.75. The quantitative estimate of drug-likeness (QED) is 0.832. The number of nitrogens with zero attached hydrogens (tertiary/aromatic N) is 2. The zero-order valence-corrected chi connectivity index (χ0v) is 11.9. The van der Waals surface area contributed by atoms with Crippen LogP contribution in [0, 0.1) is 23.7 Å². The summed E-state index contributed by atoms with van der Waals surface area (Å²) in [5.41, 5.74) is 1.73. The second-order valence-corrected chi connectivity index (χ2v) is 5.37. The molecule has 4 heteroatoms. The summed E-state index contributed by atoms with van der Waals surface area (Å²) in [5, 5.41) is 9.55. The third kappa shape index (κ3) is 2.32. The van der Waals surface area contributed by atoms with E-state index in [2.05, 4.69) is 17.0 Å². The van der Waals surface area contributed by atoms with Crippen molar-refractivity contribution in [1.29, 1.82) is 5.26 Å². The van der Waals surface area contributed by atoms with Gasteiger partial charge in [0, 0.05) is 5.56 Å². The van der Waals surface area contributed by atoms with Crippen molar-refractivity contribution < 1.29 is 9.47 Å². The molecule has 0 spiro atoms. The Kier molecular flexibility index (Phi) is 3.79. The monoisotopic (exact) mass is 260 g/mol. The SMILES string of the molecule is COc1ccc(C)cc1C(N(C)C)C1(C#N)COC1. The van der Waals surface area contributed by atoms with E-state index >= 15 is 0 Å². The summed E-state index contributed by atoms with van der Waals surface area (Å²) in [6.45, 7) is 3.00. The Hall–Kier alpha value is -1.57. The molecule has 2 rings (SSSR count). The van der Waals surface area contributed by atoms with Crippen molar-refractivity contribution in [2.75, 3.05) is 34.4 Å². The molecule has 0 amide bonds. The van der Waals surface area contributed by atoms with Crippen LogP contribution in [0.4, 0.5) is 0 Å². The van der Waals surface area contributed by atoms with Gasteiger partial charge >= 0.3 is 0 Å². The number of methoxy groups -OCH3 is 1. The highest BCUT2D eigenvalue weighted by atomic mass is 16.5. The lowest BCUT2D eigenvalue weighted by Gasteiger charge is -2.45. The molecule has 0 bridgehead atoms. The molecule has 1 unspecified atom stereocenters. The molecule has 0 radical (unpaired) electrons. The number of hydrogen-bond acceptors (Lipinski definition) is 4. The predicted octanol–water partition coefficient (Wildman–Crippen LogP) is 2.15. The molecule has 1 aromatic carbocycles. The van der Waals surface area contributed by atoms with Gasteiger partial charge in [-0.25, -0.2) is 0 Å². The average molecular weight is 260 g/mol. The van der Waals surface area contributed by atoms with Gasteiger partial charge in [0.2, 0.25) is 0 Å². The molecule has 1 aliphatic heterocycles. The minimum atomic E-state index is -0.482. The molecule has 4 nitrogen and oxygen atoms in total. The maximum Gasteiger partial charge on any atom is 0.123 e. The summed E-state index contributed by atoms with van der Waals surface area (Å²) < 4.78 is 10.8. The Morgan fingerprint density at radius 2 is 2.11 bits per heavy atom. The largest absolute Gasteiger partial charge is 0.496 e.